The predicted molar refractivity (Wildman–Crippen MR) is 79.3 cm³/mol. The van der Waals surface area contributed by atoms with Gasteiger partial charge < -0.3 is 9.72 Å². The van der Waals surface area contributed by atoms with Gasteiger partial charge in [-0.1, -0.05) is 30.3 Å². The number of H-pyrrole nitrogens is 1. The van der Waals surface area contributed by atoms with Crippen molar-refractivity contribution in [2.75, 3.05) is 20.2 Å². The molecule has 1 atom stereocenters. The molecule has 4 nitrogen and oxygen atoms in total. The number of hydrogen-bond acceptors (Lipinski definition) is 3. The highest BCUT2D eigenvalue weighted by Crippen LogP contribution is 2.16. The summed E-state index contributed by atoms with van der Waals surface area (Å²) in [4.78, 5) is 10.1. The molecule has 1 fully saturated rings. The maximum absolute atomic E-state index is 5.67. The fourth-order valence-electron chi connectivity index (χ4n) is 2.67. The molecule has 1 aliphatic rings. The molecule has 1 unspecified atom stereocenters. The number of aromatic amines is 1. The van der Waals surface area contributed by atoms with E-state index in [0.29, 0.717) is 6.10 Å². The summed E-state index contributed by atoms with van der Waals surface area (Å²) >= 11 is 0. The third kappa shape index (κ3) is 3.26. The van der Waals surface area contributed by atoms with E-state index < -0.39 is 0 Å². The first kappa shape index (κ1) is 13.3. The van der Waals surface area contributed by atoms with Crippen molar-refractivity contribution in [2.45, 2.75) is 25.5 Å². The number of ether oxygens (including phenoxy) is 1. The van der Waals surface area contributed by atoms with Gasteiger partial charge in [0.1, 0.15) is 5.82 Å². The highest BCUT2D eigenvalue weighted by Gasteiger charge is 2.17. The van der Waals surface area contributed by atoms with Gasteiger partial charge in [0.2, 0.25) is 0 Å². The Morgan fingerprint density at radius 1 is 1.35 bits per heavy atom. The highest BCUT2D eigenvalue weighted by atomic mass is 16.5. The number of nitrogens with one attached hydrogen (secondary N) is 1. The van der Waals surface area contributed by atoms with Gasteiger partial charge >= 0.3 is 0 Å². The minimum atomic E-state index is 0.400. The van der Waals surface area contributed by atoms with Crippen LogP contribution in [0.4, 0.5) is 0 Å². The molecular formula is C16H21N3O. The van der Waals surface area contributed by atoms with Gasteiger partial charge in [0, 0.05) is 37.2 Å². The fourth-order valence-corrected chi connectivity index (χ4v) is 2.67. The second kappa shape index (κ2) is 6.20. The molecule has 0 amide bonds. The first-order valence-electron chi connectivity index (χ1n) is 7.21. The van der Waals surface area contributed by atoms with Crippen LogP contribution < -0.4 is 0 Å². The van der Waals surface area contributed by atoms with Gasteiger partial charge in [0.05, 0.1) is 6.10 Å². The quantitative estimate of drug-likeness (QED) is 0.909. The summed E-state index contributed by atoms with van der Waals surface area (Å²) in [7, 11) is 2.13. The van der Waals surface area contributed by atoms with Crippen molar-refractivity contribution < 1.29 is 4.74 Å². The van der Waals surface area contributed by atoms with E-state index in [4.69, 9.17) is 4.74 Å². The van der Waals surface area contributed by atoms with Crippen LogP contribution in [0.2, 0.25) is 0 Å². The van der Waals surface area contributed by atoms with Gasteiger partial charge in [0.15, 0.2) is 0 Å². The lowest BCUT2D eigenvalue weighted by Crippen LogP contribution is -2.28. The van der Waals surface area contributed by atoms with E-state index >= 15 is 0 Å². The SMILES string of the molecule is CN(Cc1cnc(-c2ccccc2)[nH]1)CC1CCCO1. The fraction of sp³-hybridized carbons (Fsp3) is 0.438. The molecule has 1 saturated heterocycles. The average Bonchev–Trinajstić information content (AvgIpc) is 3.11. The Morgan fingerprint density at radius 2 is 2.20 bits per heavy atom. The van der Waals surface area contributed by atoms with Gasteiger partial charge in [-0.3, -0.25) is 4.90 Å². The zero-order valence-electron chi connectivity index (χ0n) is 11.9. The van der Waals surface area contributed by atoms with Crippen molar-refractivity contribution in [3.63, 3.8) is 0 Å². The van der Waals surface area contributed by atoms with Crippen molar-refractivity contribution in [3.05, 3.63) is 42.2 Å². The van der Waals surface area contributed by atoms with E-state index in [2.05, 4.69) is 34.0 Å². The molecule has 3 rings (SSSR count). The molecule has 0 spiro atoms. The van der Waals surface area contributed by atoms with Crippen LogP contribution in [0.5, 0.6) is 0 Å². The number of aromatic nitrogens is 2. The van der Waals surface area contributed by atoms with E-state index in [1.165, 1.54) is 12.8 Å². The Labute approximate surface area is 119 Å². The van der Waals surface area contributed by atoms with Crippen LogP contribution in [0.3, 0.4) is 0 Å². The summed E-state index contributed by atoms with van der Waals surface area (Å²) < 4.78 is 5.67. The number of benzene rings is 1. The van der Waals surface area contributed by atoms with Crippen molar-refractivity contribution in [1.29, 1.82) is 0 Å². The summed E-state index contributed by atoms with van der Waals surface area (Å²) in [5.41, 5.74) is 2.27. The van der Waals surface area contributed by atoms with Gasteiger partial charge in [-0.25, -0.2) is 4.98 Å². The van der Waals surface area contributed by atoms with Crippen LogP contribution in [0.15, 0.2) is 36.5 Å². The Morgan fingerprint density at radius 3 is 2.95 bits per heavy atom. The smallest absolute Gasteiger partial charge is 0.137 e. The molecule has 2 aromatic rings. The number of hydrogen-bond donors (Lipinski definition) is 1. The van der Waals surface area contributed by atoms with E-state index in [1.807, 2.05) is 24.4 Å². The topological polar surface area (TPSA) is 41.2 Å². The second-order valence-corrected chi connectivity index (χ2v) is 5.45. The molecule has 1 aromatic heterocycles. The van der Waals surface area contributed by atoms with Crippen molar-refractivity contribution in [2.24, 2.45) is 0 Å². The van der Waals surface area contributed by atoms with E-state index in [0.717, 1.165) is 36.8 Å². The number of likely N-dealkylation sites (N-methyl/N-ethyl adjacent to an activating group) is 1. The third-order valence-electron chi connectivity index (χ3n) is 3.66. The molecule has 2 heterocycles. The van der Waals surface area contributed by atoms with Gasteiger partial charge in [-0.05, 0) is 19.9 Å². The average molecular weight is 271 g/mol. The molecule has 0 bridgehead atoms. The van der Waals surface area contributed by atoms with Crippen molar-refractivity contribution in [3.8, 4) is 11.4 Å². The van der Waals surface area contributed by atoms with Gasteiger partial charge in [-0.2, -0.15) is 0 Å². The Balaban J connectivity index is 1.59. The molecule has 20 heavy (non-hydrogen) atoms. The molecule has 1 N–H and O–H groups in total. The van der Waals surface area contributed by atoms with Crippen LogP contribution in [0, 0.1) is 0 Å². The molecule has 0 saturated carbocycles. The van der Waals surface area contributed by atoms with Crippen LogP contribution in [0.1, 0.15) is 18.5 Å². The standard InChI is InChI=1S/C16H21N3O/c1-19(12-15-8-5-9-20-15)11-14-10-17-16(18-14)13-6-3-2-4-7-13/h2-4,6-7,10,15H,5,8-9,11-12H2,1H3,(H,17,18). The first-order chi connectivity index (χ1) is 9.81. The van der Waals surface area contributed by atoms with E-state index in [-0.39, 0.29) is 0 Å². The van der Waals surface area contributed by atoms with E-state index in [1.54, 1.807) is 0 Å². The van der Waals surface area contributed by atoms with Crippen molar-refractivity contribution in [1.82, 2.24) is 14.9 Å². The summed E-state index contributed by atoms with van der Waals surface area (Å²) in [5, 5.41) is 0. The molecule has 0 aliphatic carbocycles. The number of nitrogens with zero attached hydrogens (tertiary/aromatic N) is 2. The Bertz CT molecular complexity index is 532. The molecule has 0 radical (unpaired) electrons. The number of imidazole rings is 1. The van der Waals surface area contributed by atoms with Crippen molar-refractivity contribution >= 4 is 0 Å². The lowest BCUT2D eigenvalue weighted by atomic mass is 10.2. The minimum absolute atomic E-state index is 0.400. The van der Waals surface area contributed by atoms with Gasteiger partial charge in [0.25, 0.3) is 0 Å². The minimum Gasteiger partial charge on any atom is -0.377 e. The van der Waals surface area contributed by atoms with Crippen LogP contribution in [-0.4, -0.2) is 41.2 Å². The zero-order valence-corrected chi connectivity index (χ0v) is 11.9. The number of rotatable bonds is 5. The maximum atomic E-state index is 5.67. The monoisotopic (exact) mass is 271 g/mol. The zero-order chi connectivity index (χ0) is 13.8. The lowest BCUT2D eigenvalue weighted by Gasteiger charge is -2.19. The van der Waals surface area contributed by atoms with Crippen LogP contribution >= 0.6 is 0 Å². The van der Waals surface area contributed by atoms with Crippen LogP contribution in [0.25, 0.3) is 11.4 Å². The van der Waals surface area contributed by atoms with Crippen LogP contribution in [-0.2, 0) is 11.3 Å². The molecule has 1 aromatic carbocycles. The molecule has 1 aliphatic heterocycles. The second-order valence-electron chi connectivity index (χ2n) is 5.45. The largest absolute Gasteiger partial charge is 0.377 e. The summed E-state index contributed by atoms with van der Waals surface area (Å²) in [6.45, 7) is 2.78. The molecule has 106 valence electrons. The lowest BCUT2D eigenvalue weighted by molar-refractivity contribution is 0.0790. The summed E-state index contributed by atoms with van der Waals surface area (Å²) in [5.74, 6) is 0.936. The maximum Gasteiger partial charge on any atom is 0.137 e. The predicted octanol–water partition coefficient (Wildman–Crippen LogP) is 2.69. The normalized spacial score (nSPS) is 18.8. The molecule has 4 heteroatoms. The highest BCUT2D eigenvalue weighted by molar-refractivity contribution is 5.54. The Hall–Kier alpha value is -1.65. The van der Waals surface area contributed by atoms with Gasteiger partial charge in [-0.15, -0.1) is 0 Å². The van der Waals surface area contributed by atoms with E-state index in [9.17, 15) is 0 Å². The summed E-state index contributed by atoms with van der Waals surface area (Å²) in [6, 6.07) is 10.2. The summed E-state index contributed by atoms with van der Waals surface area (Å²) in [6.07, 6.45) is 4.70. The first-order valence-corrected chi connectivity index (χ1v) is 7.21. The Kier molecular flexibility index (Phi) is 4.14. The molecular weight excluding hydrogens is 250 g/mol. The third-order valence-corrected chi connectivity index (χ3v) is 3.66.